The maximum Gasteiger partial charge on any atom is 0.224 e. The van der Waals surface area contributed by atoms with Gasteiger partial charge < -0.3 is 15.5 Å². The molecule has 0 spiro atoms. The number of aromatic nitrogens is 1. The predicted octanol–water partition coefficient (Wildman–Crippen LogP) is 2.96. The zero-order chi connectivity index (χ0) is 15.2. The first-order valence-corrected chi connectivity index (χ1v) is 7.11. The molecular formula is C16H21N3O2. The van der Waals surface area contributed by atoms with E-state index in [0.717, 1.165) is 23.4 Å². The van der Waals surface area contributed by atoms with Crippen LogP contribution in [0, 0.1) is 12.8 Å². The predicted molar refractivity (Wildman–Crippen MR) is 82.8 cm³/mol. The third-order valence-corrected chi connectivity index (χ3v) is 3.35. The van der Waals surface area contributed by atoms with Gasteiger partial charge in [0.25, 0.3) is 0 Å². The van der Waals surface area contributed by atoms with Crippen molar-refractivity contribution < 1.29 is 9.21 Å². The van der Waals surface area contributed by atoms with Crippen LogP contribution >= 0.6 is 0 Å². The van der Waals surface area contributed by atoms with E-state index >= 15 is 0 Å². The molecule has 1 unspecified atom stereocenters. The highest BCUT2D eigenvalue weighted by Crippen LogP contribution is 2.20. The molecule has 5 nitrogen and oxygen atoms in total. The molecular weight excluding hydrogens is 266 g/mol. The highest BCUT2D eigenvalue weighted by Gasteiger charge is 2.07. The number of carbonyl (C=O) groups excluding carboxylic acids is 1. The highest BCUT2D eigenvalue weighted by molar-refractivity contribution is 5.90. The second-order valence-electron chi connectivity index (χ2n) is 5.26. The van der Waals surface area contributed by atoms with Crippen molar-refractivity contribution in [3.05, 3.63) is 36.4 Å². The summed E-state index contributed by atoms with van der Waals surface area (Å²) in [5, 5.41) is 2.88. The molecule has 1 aromatic carbocycles. The van der Waals surface area contributed by atoms with Crippen LogP contribution in [0.5, 0.6) is 0 Å². The van der Waals surface area contributed by atoms with Gasteiger partial charge in [-0.2, -0.15) is 0 Å². The van der Waals surface area contributed by atoms with E-state index in [9.17, 15) is 4.79 Å². The molecule has 1 amide bonds. The van der Waals surface area contributed by atoms with Crippen LogP contribution in [0.4, 0.5) is 5.69 Å². The van der Waals surface area contributed by atoms with Gasteiger partial charge in [-0.15, -0.1) is 0 Å². The molecule has 0 fully saturated rings. The lowest BCUT2D eigenvalue weighted by Crippen LogP contribution is -2.16. The SMILES string of the molecule is Cc1nc(-c2ccc(NC(=O)CCC(C)CN)cc2)co1. The summed E-state index contributed by atoms with van der Waals surface area (Å²) in [6.07, 6.45) is 2.92. The fourth-order valence-corrected chi connectivity index (χ4v) is 1.94. The number of benzene rings is 1. The molecule has 1 atom stereocenters. The zero-order valence-corrected chi connectivity index (χ0v) is 12.4. The fourth-order valence-electron chi connectivity index (χ4n) is 1.94. The monoisotopic (exact) mass is 287 g/mol. The van der Waals surface area contributed by atoms with E-state index in [1.165, 1.54) is 0 Å². The number of nitrogens with one attached hydrogen (secondary N) is 1. The minimum Gasteiger partial charge on any atom is -0.449 e. The van der Waals surface area contributed by atoms with E-state index in [2.05, 4.69) is 10.3 Å². The van der Waals surface area contributed by atoms with E-state index in [0.29, 0.717) is 24.8 Å². The van der Waals surface area contributed by atoms with E-state index in [1.807, 2.05) is 31.2 Å². The summed E-state index contributed by atoms with van der Waals surface area (Å²) in [4.78, 5) is 16.1. The first kappa shape index (κ1) is 15.3. The van der Waals surface area contributed by atoms with Gasteiger partial charge in [0, 0.05) is 24.6 Å². The normalized spacial score (nSPS) is 12.1. The molecule has 2 rings (SSSR count). The maximum atomic E-state index is 11.8. The summed E-state index contributed by atoms with van der Waals surface area (Å²) < 4.78 is 5.19. The Morgan fingerprint density at radius 3 is 2.67 bits per heavy atom. The van der Waals surface area contributed by atoms with Crippen LogP contribution in [0.3, 0.4) is 0 Å². The molecule has 1 heterocycles. The van der Waals surface area contributed by atoms with Crippen LogP contribution in [-0.2, 0) is 4.79 Å². The first-order valence-electron chi connectivity index (χ1n) is 7.11. The molecule has 112 valence electrons. The van der Waals surface area contributed by atoms with Crippen LogP contribution in [0.15, 0.2) is 34.9 Å². The smallest absolute Gasteiger partial charge is 0.224 e. The number of oxazole rings is 1. The van der Waals surface area contributed by atoms with Crippen molar-refractivity contribution in [1.29, 1.82) is 0 Å². The molecule has 5 heteroatoms. The van der Waals surface area contributed by atoms with Crippen LogP contribution in [0.2, 0.25) is 0 Å². The van der Waals surface area contributed by atoms with Gasteiger partial charge in [-0.3, -0.25) is 4.79 Å². The summed E-state index contributed by atoms with van der Waals surface area (Å²) in [5.74, 6) is 1.02. The first-order chi connectivity index (χ1) is 10.1. The van der Waals surface area contributed by atoms with Gasteiger partial charge in [-0.05, 0) is 31.0 Å². The Bertz CT molecular complexity index is 590. The second kappa shape index (κ2) is 7.04. The van der Waals surface area contributed by atoms with Crippen LogP contribution in [-0.4, -0.2) is 17.4 Å². The third-order valence-electron chi connectivity index (χ3n) is 3.35. The number of nitrogens with zero attached hydrogens (tertiary/aromatic N) is 1. The average Bonchev–Trinajstić information content (AvgIpc) is 2.92. The molecule has 0 saturated heterocycles. The summed E-state index contributed by atoms with van der Waals surface area (Å²) in [6, 6.07) is 7.55. The zero-order valence-electron chi connectivity index (χ0n) is 12.4. The summed E-state index contributed by atoms with van der Waals surface area (Å²) >= 11 is 0. The van der Waals surface area contributed by atoms with Gasteiger partial charge in [0.2, 0.25) is 5.91 Å². The largest absolute Gasteiger partial charge is 0.449 e. The summed E-state index contributed by atoms with van der Waals surface area (Å²) in [6.45, 7) is 4.46. The van der Waals surface area contributed by atoms with Gasteiger partial charge in [0.05, 0.1) is 0 Å². The van der Waals surface area contributed by atoms with E-state index in [4.69, 9.17) is 10.2 Å². The molecule has 21 heavy (non-hydrogen) atoms. The fraction of sp³-hybridized carbons (Fsp3) is 0.375. The van der Waals surface area contributed by atoms with Crippen LogP contribution < -0.4 is 11.1 Å². The second-order valence-corrected chi connectivity index (χ2v) is 5.26. The number of anilines is 1. The van der Waals surface area contributed by atoms with Crippen molar-refractivity contribution in [3.8, 4) is 11.3 Å². The molecule has 1 aromatic heterocycles. The van der Waals surface area contributed by atoms with E-state index in [1.54, 1.807) is 13.2 Å². The quantitative estimate of drug-likeness (QED) is 0.855. The van der Waals surface area contributed by atoms with E-state index < -0.39 is 0 Å². The summed E-state index contributed by atoms with van der Waals surface area (Å²) in [5.41, 5.74) is 8.07. The molecule has 3 N–H and O–H groups in total. The van der Waals surface area contributed by atoms with Crippen molar-refractivity contribution in [1.82, 2.24) is 4.98 Å². The Hall–Kier alpha value is -2.14. The number of hydrogen-bond acceptors (Lipinski definition) is 4. The minimum absolute atomic E-state index is 0.0142. The number of rotatable bonds is 6. The third kappa shape index (κ3) is 4.43. The minimum atomic E-state index is 0.0142. The molecule has 0 saturated carbocycles. The number of carbonyl (C=O) groups is 1. The van der Waals surface area contributed by atoms with Crippen molar-refractivity contribution >= 4 is 11.6 Å². The van der Waals surface area contributed by atoms with E-state index in [-0.39, 0.29) is 5.91 Å². The Morgan fingerprint density at radius 2 is 2.10 bits per heavy atom. The maximum absolute atomic E-state index is 11.8. The number of hydrogen-bond donors (Lipinski definition) is 2. The van der Waals surface area contributed by atoms with Crippen LogP contribution in [0.1, 0.15) is 25.7 Å². The Kier molecular flexibility index (Phi) is 5.11. The Labute approximate surface area is 124 Å². The van der Waals surface area contributed by atoms with Crippen molar-refractivity contribution in [2.24, 2.45) is 11.7 Å². The van der Waals surface area contributed by atoms with Crippen LogP contribution in [0.25, 0.3) is 11.3 Å². The number of amides is 1. The van der Waals surface area contributed by atoms with Crippen molar-refractivity contribution in [3.63, 3.8) is 0 Å². The number of nitrogens with two attached hydrogens (primary N) is 1. The number of aryl methyl sites for hydroxylation is 1. The average molecular weight is 287 g/mol. The molecule has 0 aliphatic carbocycles. The van der Waals surface area contributed by atoms with Gasteiger partial charge in [0.1, 0.15) is 12.0 Å². The summed E-state index contributed by atoms with van der Waals surface area (Å²) in [7, 11) is 0. The lowest BCUT2D eigenvalue weighted by atomic mass is 10.1. The van der Waals surface area contributed by atoms with Gasteiger partial charge >= 0.3 is 0 Å². The van der Waals surface area contributed by atoms with Crippen molar-refractivity contribution in [2.75, 3.05) is 11.9 Å². The topological polar surface area (TPSA) is 81.2 Å². The lowest BCUT2D eigenvalue weighted by molar-refractivity contribution is -0.116. The Morgan fingerprint density at radius 1 is 1.38 bits per heavy atom. The molecule has 0 bridgehead atoms. The Balaban J connectivity index is 1.92. The van der Waals surface area contributed by atoms with Gasteiger partial charge in [-0.1, -0.05) is 19.1 Å². The molecule has 0 aliphatic heterocycles. The van der Waals surface area contributed by atoms with Gasteiger partial charge in [0.15, 0.2) is 5.89 Å². The lowest BCUT2D eigenvalue weighted by Gasteiger charge is -2.09. The molecule has 0 aliphatic rings. The molecule has 0 radical (unpaired) electrons. The molecule has 2 aromatic rings. The van der Waals surface area contributed by atoms with Gasteiger partial charge in [-0.25, -0.2) is 4.98 Å². The highest BCUT2D eigenvalue weighted by atomic mass is 16.3. The standard InChI is InChI=1S/C16H21N3O2/c1-11(9-17)3-8-16(20)19-14-6-4-13(5-7-14)15-10-21-12(2)18-15/h4-7,10-11H,3,8-9,17H2,1-2H3,(H,19,20). The van der Waals surface area contributed by atoms with Crippen molar-refractivity contribution in [2.45, 2.75) is 26.7 Å².